The van der Waals surface area contributed by atoms with Gasteiger partial charge in [0.1, 0.15) is 4.21 Å². The van der Waals surface area contributed by atoms with Crippen molar-refractivity contribution in [3.05, 3.63) is 42.7 Å². The van der Waals surface area contributed by atoms with E-state index in [1.165, 1.54) is 6.07 Å². The molecule has 0 fully saturated rings. The average Bonchev–Trinajstić information content (AvgIpc) is 2.71. The standard InChI is InChI=1S/C10H6BrClINO2S2/c11-7-2-1-6(5-8(7)13)14-18(15,16)10-4-3-9(12)17-10/h1-5,14H. The second-order valence-electron chi connectivity index (χ2n) is 3.29. The molecule has 1 N–H and O–H groups in total. The third kappa shape index (κ3) is 3.38. The molecule has 96 valence electrons. The van der Waals surface area contributed by atoms with E-state index in [1.54, 1.807) is 24.3 Å². The van der Waals surface area contributed by atoms with Crippen molar-refractivity contribution in [1.82, 2.24) is 0 Å². The van der Waals surface area contributed by atoms with Crippen LogP contribution in [0.15, 0.2) is 39.0 Å². The van der Waals surface area contributed by atoms with Crippen molar-refractivity contribution in [3.63, 3.8) is 0 Å². The molecule has 0 saturated carbocycles. The Labute approximate surface area is 136 Å². The molecule has 1 heterocycles. The molecule has 0 saturated heterocycles. The molecule has 8 heteroatoms. The summed E-state index contributed by atoms with van der Waals surface area (Å²) in [5.41, 5.74) is 0.520. The zero-order valence-corrected chi connectivity index (χ0v) is 14.8. The summed E-state index contributed by atoms with van der Waals surface area (Å²) in [6.07, 6.45) is 0. The van der Waals surface area contributed by atoms with Crippen molar-refractivity contribution in [1.29, 1.82) is 0 Å². The van der Waals surface area contributed by atoms with Crippen molar-refractivity contribution >= 4 is 77.2 Å². The first-order chi connectivity index (χ1) is 8.38. The van der Waals surface area contributed by atoms with Gasteiger partial charge in [0, 0.05) is 13.7 Å². The minimum absolute atomic E-state index is 0.199. The molecule has 1 aromatic heterocycles. The monoisotopic (exact) mass is 477 g/mol. The number of thiophene rings is 1. The molecule has 0 aliphatic carbocycles. The fourth-order valence-electron chi connectivity index (χ4n) is 1.21. The van der Waals surface area contributed by atoms with E-state index in [0.29, 0.717) is 10.0 Å². The molecule has 0 radical (unpaired) electrons. The smallest absolute Gasteiger partial charge is 0.271 e. The number of rotatable bonds is 3. The van der Waals surface area contributed by atoms with Crippen LogP contribution in [0.25, 0.3) is 0 Å². The summed E-state index contributed by atoms with van der Waals surface area (Å²) in [4.78, 5) is 0. The van der Waals surface area contributed by atoms with E-state index in [1.807, 2.05) is 0 Å². The van der Waals surface area contributed by atoms with Crippen LogP contribution in [-0.2, 0) is 10.0 Å². The molecule has 1 aromatic carbocycles. The predicted octanol–water partition coefficient (Wildman–Crippen LogP) is 4.57. The fraction of sp³-hybridized carbons (Fsp3) is 0. The Bertz CT molecular complexity index is 687. The summed E-state index contributed by atoms with van der Waals surface area (Å²) >= 11 is 12.2. The topological polar surface area (TPSA) is 46.2 Å². The molecule has 0 amide bonds. The third-order valence-electron chi connectivity index (χ3n) is 1.99. The summed E-state index contributed by atoms with van der Waals surface area (Å²) in [7, 11) is -3.56. The van der Waals surface area contributed by atoms with Crippen LogP contribution in [0.4, 0.5) is 5.69 Å². The van der Waals surface area contributed by atoms with E-state index >= 15 is 0 Å². The molecule has 3 nitrogen and oxygen atoms in total. The van der Waals surface area contributed by atoms with Crippen molar-refractivity contribution in [3.8, 4) is 0 Å². The van der Waals surface area contributed by atoms with E-state index in [-0.39, 0.29) is 4.21 Å². The van der Waals surface area contributed by atoms with Crippen LogP contribution in [0.2, 0.25) is 4.34 Å². The highest BCUT2D eigenvalue weighted by molar-refractivity contribution is 14.1. The molecule has 0 aliphatic heterocycles. The molecular formula is C10H6BrClINO2S2. The maximum Gasteiger partial charge on any atom is 0.271 e. The van der Waals surface area contributed by atoms with E-state index < -0.39 is 10.0 Å². The molecule has 2 aromatic rings. The Kier molecular flexibility index (Phi) is 4.58. The number of benzene rings is 1. The highest BCUT2D eigenvalue weighted by Gasteiger charge is 2.16. The van der Waals surface area contributed by atoms with Crippen molar-refractivity contribution in [2.24, 2.45) is 0 Å². The molecule has 0 atom stereocenters. The van der Waals surface area contributed by atoms with Gasteiger partial charge in [0.25, 0.3) is 10.0 Å². The van der Waals surface area contributed by atoms with Crippen LogP contribution in [0.5, 0.6) is 0 Å². The highest BCUT2D eigenvalue weighted by Crippen LogP contribution is 2.28. The first-order valence-corrected chi connectivity index (χ1v) is 9.16. The Morgan fingerprint density at radius 1 is 1.28 bits per heavy atom. The third-order valence-corrected chi connectivity index (χ3v) is 7.41. The molecular weight excluding hydrogens is 473 g/mol. The molecule has 0 unspecified atom stereocenters. The Morgan fingerprint density at radius 3 is 2.56 bits per heavy atom. The molecule has 2 rings (SSSR count). The lowest BCUT2D eigenvalue weighted by Gasteiger charge is -2.07. The summed E-state index contributed by atoms with van der Waals surface area (Å²) in [6.45, 7) is 0. The minimum Gasteiger partial charge on any atom is -0.279 e. The number of anilines is 1. The van der Waals surface area contributed by atoms with Gasteiger partial charge >= 0.3 is 0 Å². The van der Waals surface area contributed by atoms with Crippen molar-refractivity contribution < 1.29 is 8.42 Å². The van der Waals surface area contributed by atoms with Crippen molar-refractivity contribution in [2.75, 3.05) is 4.72 Å². The van der Waals surface area contributed by atoms with E-state index in [0.717, 1.165) is 19.4 Å². The van der Waals surface area contributed by atoms with Crippen molar-refractivity contribution in [2.45, 2.75) is 4.21 Å². The van der Waals surface area contributed by atoms with Gasteiger partial charge < -0.3 is 0 Å². The van der Waals surface area contributed by atoms with Gasteiger partial charge in [-0.3, -0.25) is 4.72 Å². The Balaban J connectivity index is 2.30. The number of halogens is 3. The molecule has 0 spiro atoms. The summed E-state index contributed by atoms with van der Waals surface area (Å²) in [5.74, 6) is 0. The average molecular weight is 479 g/mol. The maximum absolute atomic E-state index is 12.0. The zero-order valence-electron chi connectivity index (χ0n) is 8.65. The summed E-state index contributed by atoms with van der Waals surface area (Å²) in [5, 5.41) is 0. The zero-order chi connectivity index (χ0) is 13.3. The van der Waals surface area contributed by atoms with Crippen LogP contribution in [0, 0.1) is 3.57 Å². The van der Waals surface area contributed by atoms with Gasteiger partial charge in [0.15, 0.2) is 0 Å². The number of hydrogen-bond acceptors (Lipinski definition) is 3. The quantitative estimate of drug-likeness (QED) is 0.657. The normalized spacial score (nSPS) is 11.5. The Morgan fingerprint density at radius 2 is 2.00 bits per heavy atom. The van der Waals surface area contributed by atoms with Crippen LogP contribution in [-0.4, -0.2) is 8.42 Å². The van der Waals surface area contributed by atoms with Crippen LogP contribution in [0.3, 0.4) is 0 Å². The van der Waals surface area contributed by atoms with Gasteiger partial charge in [-0.15, -0.1) is 11.3 Å². The summed E-state index contributed by atoms with van der Waals surface area (Å²) in [6, 6.07) is 8.28. The Hall–Kier alpha value is 0.170. The SMILES string of the molecule is O=S(=O)(Nc1ccc(Br)c(I)c1)c1ccc(Cl)s1. The maximum atomic E-state index is 12.0. The number of sulfonamides is 1. The minimum atomic E-state index is -3.56. The number of nitrogens with one attached hydrogen (secondary N) is 1. The predicted molar refractivity (Wildman–Crippen MR) is 87.0 cm³/mol. The fourth-order valence-corrected chi connectivity index (χ4v) is 4.50. The second-order valence-corrected chi connectivity index (χ2v) is 8.93. The lowest BCUT2D eigenvalue weighted by molar-refractivity contribution is 0.603. The van der Waals surface area contributed by atoms with Gasteiger partial charge in [-0.1, -0.05) is 11.6 Å². The van der Waals surface area contributed by atoms with Crippen LogP contribution in [0.1, 0.15) is 0 Å². The van der Waals surface area contributed by atoms with Gasteiger partial charge in [0.2, 0.25) is 0 Å². The largest absolute Gasteiger partial charge is 0.279 e. The molecule has 18 heavy (non-hydrogen) atoms. The highest BCUT2D eigenvalue weighted by atomic mass is 127. The van der Waals surface area contributed by atoms with Gasteiger partial charge in [-0.05, 0) is 68.9 Å². The lowest BCUT2D eigenvalue weighted by atomic mass is 10.3. The molecule has 0 aliphatic rings. The van der Waals surface area contributed by atoms with Gasteiger partial charge in [-0.2, -0.15) is 0 Å². The lowest BCUT2D eigenvalue weighted by Crippen LogP contribution is -2.11. The first-order valence-electron chi connectivity index (χ1n) is 4.62. The second kappa shape index (κ2) is 5.66. The van der Waals surface area contributed by atoms with E-state index in [2.05, 4.69) is 43.2 Å². The van der Waals surface area contributed by atoms with E-state index in [9.17, 15) is 8.42 Å². The van der Waals surface area contributed by atoms with Crippen LogP contribution >= 0.6 is 61.5 Å². The summed E-state index contributed by atoms with van der Waals surface area (Å²) < 4.78 is 29.1. The van der Waals surface area contributed by atoms with E-state index in [4.69, 9.17) is 11.6 Å². The van der Waals surface area contributed by atoms with Gasteiger partial charge in [0.05, 0.1) is 4.34 Å². The van der Waals surface area contributed by atoms with Crippen LogP contribution < -0.4 is 4.72 Å². The molecule has 0 bridgehead atoms. The van der Waals surface area contributed by atoms with Gasteiger partial charge in [-0.25, -0.2) is 8.42 Å². The first kappa shape index (κ1) is 14.6. The number of hydrogen-bond donors (Lipinski definition) is 1.